The molecule has 4 heterocycles. The predicted octanol–water partition coefficient (Wildman–Crippen LogP) is 9.19. The fourth-order valence-electron chi connectivity index (χ4n) is 7.63. The summed E-state index contributed by atoms with van der Waals surface area (Å²) in [6, 6.07) is 32.7. The largest absolute Gasteiger partial charge is 0.508 e. The lowest BCUT2D eigenvalue weighted by atomic mass is 10.0. The molecule has 4 fully saturated rings. The SMILES string of the molecule is COc1ccc(O)cc1.COc1ccc(OC[C@H]2CO2)cc1.Cc1ccc(OC[C@H](O)CNC2CCN(C[C@H](O)COc3ccc(Cl)c(Cl)c3)CC2)cc1.ClC[C@H]1CO1.NC1CCN(C[C@H](O)COc2ccc(Cl)c(Cl)c2)CC1. The zero-order chi connectivity index (χ0) is 56.9. The fraction of sp³-hybridized carbons (Fsp3) is 0.483. The van der Waals surface area contributed by atoms with Gasteiger partial charge in [0.15, 0.2) is 0 Å². The van der Waals surface area contributed by atoms with E-state index >= 15 is 0 Å². The van der Waals surface area contributed by atoms with Crippen molar-refractivity contribution in [2.24, 2.45) is 5.73 Å². The molecule has 0 radical (unpaired) electrons. The van der Waals surface area contributed by atoms with Gasteiger partial charge in [-0.2, -0.15) is 0 Å². The van der Waals surface area contributed by atoms with Crippen molar-refractivity contribution < 1.29 is 58.3 Å². The van der Waals surface area contributed by atoms with Crippen LogP contribution in [0.1, 0.15) is 31.2 Å². The second-order valence-corrected chi connectivity index (χ2v) is 21.2. The summed E-state index contributed by atoms with van der Waals surface area (Å²) in [5, 5.41) is 44.6. The normalized spacial score (nSPS) is 18.2. The molecule has 0 aliphatic carbocycles. The molecule has 7 N–H and O–H groups in total. The number of aromatic hydroxyl groups is 1. The first kappa shape index (κ1) is 65.6. The number of piperidine rings is 2. The van der Waals surface area contributed by atoms with Crippen LogP contribution in [0.15, 0.2) is 109 Å². The predicted molar refractivity (Wildman–Crippen MR) is 313 cm³/mol. The first-order chi connectivity index (χ1) is 38.1. The lowest BCUT2D eigenvalue weighted by molar-refractivity contribution is 0.0556. The minimum Gasteiger partial charge on any atom is -0.508 e. The van der Waals surface area contributed by atoms with E-state index < -0.39 is 18.3 Å². The van der Waals surface area contributed by atoms with Gasteiger partial charge in [0.05, 0.1) is 59.5 Å². The number of benzene rings is 5. The minimum absolute atomic E-state index is 0.198. The first-order valence-electron chi connectivity index (χ1n) is 26.3. The van der Waals surface area contributed by atoms with E-state index in [4.69, 9.17) is 107 Å². The summed E-state index contributed by atoms with van der Waals surface area (Å²) in [6.45, 7) is 10.4. The molecule has 0 saturated carbocycles. The molecular formula is C58H77Cl5N4O12. The van der Waals surface area contributed by atoms with E-state index in [2.05, 4.69) is 15.1 Å². The number of nitrogens with two attached hydrogens (primary N) is 1. The van der Waals surface area contributed by atoms with Crippen LogP contribution in [0.5, 0.6) is 40.2 Å². The number of epoxide rings is 2. The molecule has 5 aromatic rings. The Labute approximate surface area is 490 Å². The summed E-state index contributed by atoms with van der Waals surface area (Å²) >= 11 is 28.9. The molecule has 4 aliphatic heterocycles. The Hall–Kier alpha value is -4.21. The summed E-state index contributed by atoms with van der Waals surface area (Å²) in [7, 11) is 3.24. The minimum atomic E-state index is -0.588. The van der Waals surface area contributed by atoms with Gasteiger partial charge in [-0.3, -0.25) is 0 Å². The van der Waals surface area contributed by atoms with Crippen LogP contribution < -0.4 is 39.5 Å². The van der Waals surface area contributed by atoms with Crippen LogP contribution in [0.3, 0.4) is 0 Å². The fourth-order valence-corrected chi connectivity index (χ4v) is 8.38. The average Bonchev–Trinajstić information content (AvgIpc) is 4.42. The second kappa shape index (κ2) is 36.3. The molecule has 0 aromatic heterocycles. The number of methoxy groups -OCH3 is 2. The van der Waals surface area contributed by atoms with E-state index in [1.54, 1.807) is 74.9 Å². The number of ether oxygens (including phenoxy) is 8. The van der Waals surface area contributed by atoms with Crippen LogP contribution in [-0.4, -0.2) is 178 Å². The number of aryl methyl sites for hydroxylation is 1. The highest BCUT2D eigenvalue weighted by Gasteiger charge is 2.24. The number of β-amino-alcohol motifs (C(OH)–C–C–N with tert-alkyl or cyclic N) is 2. The third-order valence-corrected chi connectivity index (χ3v) is 14.3. The molecule has 4 saturated heterocycles. The Balaban J connectivity index is 0.000000206. The van der Waals surface area contributed by atoms with Gasteiger partial charge in [-0.15, -0.1) is 11.6 Å². The number of phenols is 1. The summed E-state index contributed by atoms with van der Waals surface area (Å²) in [6.07, 6.45) is 2.93. The Morgan fingerprint density at radius 1 is 0.557 bits per heavy atom. The van der Waals surface area contributed by atoms with E-state index in [1.807, 2.05) is 55.5 Å². The van der Waals surface area contributed by atoms with E-state index in [1.165, 1.54) is 5.56 Å². The van der Waals surface area contributed by atoms with Gasteiger partial charge in [0.25, 0.3) is 0 Å². The average molecular weight is 1200 g/mol. The highest BCUT2D eigenvalue weighted by Crippen LogP contribution is 2.28. The van der Waals surface area contributed by atoms with Gasteiger partial charge in [-0.05, 0) is 144 Å². The van der Waals surface area contributed by atoms with Gasteiger partial charge in [-0.1, -0.05) is 64.1 Å². The number of phenolic OH excluding ortho intramolecular Hbond substituents is 1. The van der Waals surface area contributed by atoms with Gasteiger partial charge in [-0.25, -0.2) is 0 Å². The molecule has 16 nitrogen and oxygen atoms in total. The van der Waals surface area contributed by atoms with E-state index in [-0.39, 0.29) is 25.6 Å². The molecule has 79 heavy (non-hydrogen) atoms. The van der Waals surface area contributed by atoms with Gasteiger partial charge < -0.3 is 79.2 Å². The van der Waals surface area contributed by atoms with E-state index in [0.29, 0.717) is 88.0 Å². The van der Waals surface area contributed by atoms with Crippen molar-refractivity contribution in [3.63, 3.8) is 0 Å². The Kier molecular flexibility index (Phi) is 30.1. The van der Waals surface area contributed by atoms with Crippen molar-refractivity contribution in [1.82, 2.24) is 15.1 Å². The molecule has 9 rings (SSSR count). The summed E-state index contributed by atoms with van der Waals surface area (Å²) in [5.41, 5.74) is 7.03. The maximum Gasteiger partial charge on any atom is 0.121 e. The van der Waals surface area contributed by atoms with Crippen LogP contribution in [0.2, 0.25) is 20.1 Å². The Morgan fingerprint density at radius 3 is 1.41 bits per heavy atom. The number of alkyl halides is 1. The van der Waals surface area contributed by atoms with E-state index in [0.717, 1.165) is 88.1 Å². The number of halogens is 5. The van der Waals surface area contributed by atoms with Crippen LogP contribution >= 0.6 is 58.0 Å². The Bertz CT molecular complexity index is 2430. The number of hydrogen-bond acceptors (Lipinski definition) is 16. The van der Waals surface area contributed by atoms with Gasteiger partial charge in [0.2, 0.25) is 0 Å². The summed E-state index contributed by atoms with van der Waals surface area (Å²) in [4.78, 5) is 4.45. The molecular weight excluding hydrogens is 1120 g/mol. The molecule has 0 bridgehead atoms. The molecule has 5 atom stereocenters. The van der Waals surface area contributed by atoms with Crippen molar-refractivity contribution in [3.05, 3.63) is 135 Å². The number of nitrogens with zero attached hydrogens (tertiary/aromatic N) is 2. The molecule has 4 aliphatic rings. The molecule has 21 heteroatoms. The van der Waals surface area contributed by atoms with Gasteiger partial charge in [0.1, 0.15) is 91.1 Å². The lowest BCUT2D eigenvalue weighted by Crippen LogP contribution is -2.47. The molecule has 0 spiro atoms. The molecule has 436 valence electrons. The topological polar surface area (TPSA) is 206 Å². The number of hydrogen-bond donors (Lipinski definition) is 6. The smallest absolute Gasteiger partial charge is 0.121 e. The standard InChI is InChI=1S/C24H32Cl2N2O4.C14H20Cl2N2O2.C10H12O3.C7H8O2.C3H5ClO/c1-17-2-4-21(5-3-17)31-15-19(29)13-27-18-8-10-28(11-9-18)14-20(30)16-32-22-6-7-23(25)24(26)12-22;15-13-2-1-12(7-14(13)16)20-9-11(19)8-18-5-3-10(17)4-6-18;1-11-8-2-4-9(5-3-8)12-6-10-7-13-10;1-9-7-4-2-6(8)3-5-7;4-1-3-2-5-3/h2-7,12,18-20,27,29-30H,8-11,13-16H2,1H3;1-2,7,10-11,19H,3-6,8-9,17H2;2-5,10H,6-7H2,1H3;2-5,8H,1H3;3H,1-2H2/t19-,20+;11-;10-;;3-/m100.0/s1. The van der Waals surface area contributed by atoms with Crippen LogP contribution in [0, 0.1) is 6.92 Å². The highest BCUT2D eigenvalue weighted by atomic mass is 35.5. The number of aliphatic hydroxyl groups excluding tert-OH is 3. The number of likely N-dealkylation sites (tertiary alicyclic amines) is 2. The molecule has 0 amide bonds. The number of nitrogens with one attached hydrogen (secondary N) is 1. The zero-order valence-corrected chi connectivity index (χ0v) is 48.9. The van der Waals surface area contributed by atoms with Crippen molar-refractivity contribution in [2.75, 3.05) is 106 Å². The van der Waals surface area contributed by atoms with Crippen molar-refractivity contribution in [2.45, 2.75) is 75.2 Å². The van der Waals surface area contributed by atoms with Crippen molar-refractivity contribution >= 4 is 58.0 Å². The third-order valence-electron chi connectivity index (χ3n) is 12.5. The molecule has 0 unspecified atom stereocenters. The van der Waals surface area contributed by atoms with Crippen LogP contribution in [0.4, 0.5) is 0 Å². The van der Waals surface area contributed by atoms with Crippen LogP contribution in [-0.2, 0) is 9.47 Å². The Morgan fingerprint density at radius 2 is 0.962 bits per heavy atom. The van der Waals surface area contributed by atoms with Crippen molar-refractivity contribution in [1.29, 1.82) is 0 Å². The monoisotopic (exact) mass is 1200 g/mol. The van der Waals surface area contributed by atoms with Crippen LogP contribution in [0.25, 0.3) is 0 Å². The van der Waals surface area contributed by atoms with E-state index in [9.17, 15) is 15.3 Å². The quantitative estimate of drug-likeness (QED) is 0.0282. The second-order valence-electron chi connectivity index (χ2n) is 19.2. The third kappa shape index (κ3) is 27.9. The van der Waals surface area contributed by atoms with Gasteiger partial charge in [0, 0.05) is 43.9 Å². The lowest BCUT2D eigenvalue weighted by Gasteiger charge is -2.33. The maximum atomic E-state index is 10.3. The van der Waals surface area contributed by atoms with Crippen molar-refractivity contribution in [3.8, 4) is 40.2 Å². The first-order valence-corrected chi connectivity index (χ1v) is 28.3. The zero-order valence-electron chi connectivity index (χ0n) is 45.1. The summed E-state index contributed by atoms with van der Waals surface area (Å²) < 4.78 is 41.9. The maximum absolute atomic E-state index is 10.3. The highest BCUT2D eigenvalue weighted by molar-refractivity contribution is 6.42. The van der Waals surface area contributed by atoms with Gasteiger partial charge >= 0.3 is 0 Å². The number of aliphatic hydroxyl groups is 3. The summed E-state index contributed by atoms with van der Waals surface area (Å²) in [5.74, 6) is 5.35. The molecule has 5 aromatic carbocycles. The number of rotatable bonds is 22.